The predicted octanol–water partition coefficient (Wildman–Crippen LogP) is 9.77. The zero-order chi connectivity index (χ0) is 27.7. The van der Waals surface area contributed by atoms with Crippen LogP contribution in [0, 0.1) is 0 Å². The summed E-state index contributed by atoms with van der Waals surface area (Å²) in [5.41, 5.74) is 2.83. The number of rotatable bonds is 20. The van der Waals surface area contributed by atoms with Crippen LogP contribution in [0.4, 0.5) is 0 Å². The summed E-state index contributed by atoms with van der Waals surface area (Å²) in [5.74, 6) is 0. The molecule has 0 saturated heterocycles. The van der Waals surface area contributed by atoms with Crippen LogP contribution in [0.1, 0.15) is 88.3 Å². The second-order valence-corrected chi connectivity index (χ2v) is 12.2. The Morgan fingerprint density at radius 2 is 0.897 bits per heavy atom. The van der Waals surface area contributed by atoms with Gasteiger partial charge in [-0.25, -0.2) is 0 Å². The molecule has 0 spiro atoms. The zero-order valence-corrected chi connectivity index (χ0v) is 24.8. The fraction of sp³-hybridized carbons (Fsp3) is 0.471. The minimum absolute atomic E-state index is 0.439. The van der Waals surface area contributed by atoms with Crippen molar-refractivity contribution in [3.8, 4) is 0 Å². The van der Waals surface area contributed by atoms with E-state index in [0.29, 0.717) is 26.0 Å². The van der Waals surface area contributed by atoms with Crippen molar-refractivity contribution in [3.63, 3.8) is 0 Å². The van der Waals surface area contributed by atoms with Crippen molar-refractivity contribution in [2.24, 2.45) is 0 Å². The van der Waals surface area contributed by atoms with Crippen LogP contribution in [0.5, 0.6) is 0 Å². The molecule has 212 valence electrons. The van der Waals surface area contributed by atoms with E-state index < -0.39 is 13.2 Å². The van der Waals surface area contributed by atoms with Crippen molar-refractivity contribution >= 4 is 7.60 Å². The smallest absolute Gasteiger partial charge is 0.330 e. The van der Waals surface area contributed by atoms with Crippen molar-refractivity contribution < 1.29 is 18.3 Å². The van der Waals surface area contributed by atoms with Gasteiger partial charge < -0.3 is 13.8 Å². The van der Waals surface area contributed by atoms with Gasteiger partial charge in [-0.2, -0.15) is 0 Å². The highest BCUT2D eigenvalue weighted by molar-refractivity contribution is 7.53. The van der Waals surface area contributed by atoms with Gasteiger partial charge in [-0.3, -0.25) is 4.57 Å². The average molecular weight is 551 g/mol. The monoisotopic (exact) mass is 550 g/mol. The van der Waals surface area contributed by atoms with E-state index in [9.17, 15) is 4.57 Å². The Morgan fingerprint density at radius 1 is 0.538 bits per heavy atom. The lowest BCUT2D eigenvalue weighted by atomic mass is 9.80. The normalized spacial score (nSPS) is 12.1. The van der Waals surface area contributed by atoms with Crippen molar-refractivity contribution in [1.29, 1.82) is 0 Å². The zero-order valence-electron chi connectivity index (χ0n) is 23.9. The van der Waals surface area contributed by atoms with Crippen LogP contribution >= 0.6 is 7.60 Å². The molecule has 0 aliphatic heterocycles. The number of ether oxygens (including phenoxy) is 1. The lowest BCUT2D eigenvalue weighted by Crippen LogP contribution is -2.33. The predicted molar refractivity (Wildman–Crippen MR) is 162 cm³/mol. The van der Waals surface area contributed by atoms with E-state index in [1.807, 2.05) is 13.8 Å². The molecule has 0 saturated carbocycles. The molecule has 4 nitrogen and oxygen atoms in total. The number of hydrogen-bond donors (Lipinski definition) is 0. The van der Waals surface area contributed by atoms with E-state index in [1.54, 1.807) is 0 Å². The summed E-state index contributed by atoms with van der Waals surface area (Å²) >= 11 is 0. The van der Waals surface area contributed by atoms with Gasteiger partial charge in [-0.05, 0) is 43.4 Å². The third-order valence-corrected chi connectivity index (χ3v) is 9.25. The van der Waals surface area contributed by atoms with Crippen LogP contribution in [0.15, 0.2) is 91.0 Å². The molecule has 3 aromatic carbocycles. The van der Waals surface area contributed by atoms with Crippen LogP contribution in [-0.4, -0.2) is 26.0 Å². The number of benzene rings is 3. The van der Waals surface area contributed by atoms with E-state index in [1.165, 1.54) is 38.5 Å². The second kappa shape index (κ2) is 17.5. The molecule has 0 bridgehead atoms. The van der Waals surface area contributed by atoms with Gasteiger partial charge >= 0.3 is 7.60 Å². The van der Waals surface area contributed by atoms with Gasteiger partial charge in [-0.15, -0.1) is 0 Å². The summed E-state index contributed by atoms with van der Waals surface area (Å²) in [6.07, 6.45) is 10.8. The van der Waals surface area contributed by atoms with Crippen LogP contribution in [0.3, 0.4) is 0 Å². The molecule has 0 atom stereocenters. The van der Waals surface area contributed by atoms with Crippen LogP contribution in [0.25, 0.3) is 0 Å². The molecule has 5 heteroatoms. The first-order valence-electron chi connectivity index (χ1n) is 14.8. The minimum Gasteiger partial charge on any atom is -0.361 e. The molecule has 0 aliphatic carbocycles. The quantitative estimate of drug-likeness (QED) is 0.0798. The molecular weight excluding hydrogens is 503 g/mol. The molecule has 0 heterocycles. The number of unbranched alkanes of at least 4 members (excludes halogenated alkanes) is 8. The fourth-order valence-corrected chi connectivity index (χ4v) is 6.93. The van der Waals surface area contributed by atoms with Gasteiger partial charge in [0.15, 0.2) is 0 Å². The van der Waals surface area contributed by atoms with E-state index in [4.69, 9.17) is 13.8 Å². The fourth-order valence-electron chi connectivity index (χ4n) is 5.20. The third-order valence-electron chi connectivity index (χ3n) is 7.09. The largest absolute Gasteiger partial charge is 0.361 e. The average Bonchev–Trinajstić information content (AvgIpc) is 2.97. The van der Waals surface area contributed by atoms with Gasteiger partial charge in [-0.1, -0.05) is 136 Å². The molecule has 0 unspecified atom stereocenters. The summed E-state index contributed by atoms with van der Waals surface area (Å²) in [6, 6.07) is 31.8. The summed E-state index contributed by atoms with van der Waals surface area (Å²) < 4.78 is 30.2. The van der Waals surface area contributed by atoms with Gasteiger partial charge in [0, 0.05) is 6.61 Å². The van der Waals surface area contributed by atoms with Gasteiger partial charge in [0.1, 0.15) is 5.60 Å². The van der Waals surface area contributed by atoms with E-state index in [-0.39, 0.29) is 0 Å². The Balaban J connectivity index is 1.43. The summed E-state index contributed by atoms with van der Waals surface area (Å²) in [4.78, 5) is 0. The highest BCUT2D eigenvalue weighted by Gasteiger charge is 2.37. The maximum absolute atomic E-state index is 12.5. The van der Waals surface area contributed by atoms with Gasteiger partial charge in [0.2, 0.25) is 0 Å². The first kappa shape index (κ1) is 31.3. The standard InChI is InChI=1S/C34H47O4P/c1-3-37-39(35,38-4-2)30-22-11-9-7-5-6-8-10-21-29-36-34(31-23-15-12-16-24-31,32-25-17-13-18-26-32)33-27-19-14-20-28-33/h12-20,23-28H,3-11,21-22,29-30H2,1-2H3. The Labute approximate surface area is 236 Å². The molecule has 39 heavy (non-hydrogen) atoms. The molecule has 0 aromatic heterocycles. The summed E-state index contributed by atoms with van der Waals surface area (Å²) in [5, 5.41) is 0. The Morgan fingerprint density at radius 3 is 1.28 bits per heavy atom. The molecule has 0 aliphatic rings. The summed E-state index contributed by atoms with van der Waals surface area (Å²) in [6.45, 7) is 5.31. The van der Waals surface area contributed by atoms with E-state index >= 15 is 0 Å². The highest BCUT2D eigenvalue weighted by Crippen LogP contribution is 2.48. The Kier molecular flexibility index (Phi) is 14.0. The van der Waals surface area contributed by atoms with E-state index in [2.05, 4.69) is 91.0 Å². The molecular formula is C34H47O4P. The first-order chi connectivity index (χ1) is 19.1. The Hall–Kier alpha value is -2.23. The maximum Gasteiger partial charge on any atom is 0.330 e. The van der Waals surface area contributed by atoms with E-state index in [0.717, 1.165) is 36.0 Å². The first-order valence-corrected chi connectivity index (χ1v) is 16.6. The Bertz CT molecular complexity index is 965. The molecule has 0 amide bonds. The maximum atomic E-state index is 12.5. The molecule has 0 fully saturated rings. The highest BCUT2D eigenvalue weighted by atomic mass is 31.2. The van der Waals surface area contributed by atoms with Gasteiger partial charge in [0.05, 0.1) is 19.4 Å². The third kappa shape index (κ3) is 9.72. The molecule has 0 radical (unpaired) electrons. The summed E-state index contributed by atoms with van der Waals surface area (Å²) in [7, 11) is -2.88. The molecule has 3 rings (SSSR count). The second-order valence-electron chi connectivity index (χ2n) is 9.98. The molecule has 3 aromatic rings. The van der Waals surface area contributed by atoms with Crippen molar-refractivity contribution in [3.05, 3.63) is 108 Å². The van der Waals surface area contributed by atoms with Crippen LogP contribution in [-0.2, 0) is 24.0 Å². The van der Waals surface area contributed by atoms with Gasteiger partial charge in [0.25, 0.3) is 0 Å². The van der Waals surface area contributed by atoms with Crippen molar-refractivity contribution in [1.82, 2.24) is 0 Å². The topological polar surface area (TPSA) is 44.8 Å². The van der Waals surface area contributed by atoms with Crippen molar-refractivity contribution in [2.75, 3.05) is 26.0 Å². The SMILES string of the molecule is CCOP(=O)(CCCCCCCCCCCOC(c1ccccc1)(c1ccccc1)c1ccccc1)OCC. The molecule has 0 N–H and O–H groups in total. The van der Waals surface area contributed by atoms with Crippen molar-refractivity contribution in [2.45, 2.75) is 77.2 Å². The lowest BCUT2D eigenvalue weighted by molar-refractivity contribution is 0.0106. The minimum atomic E-state index is -2.88. The van der Waals surface area contributed by atoms with Crippen LogP contribution < -0.4 is 0 Å². The lowest BCUT2D eigenvalue weighted by Gasteiger charge is -2.36. The number of hydrogen-bond acceptors (Lipinski definition) is 4. The van der Waals surface area contributed by atoms with Crippen LogP contribution in [0.2, 0.25) is 0 Å².